The number of anilines is 2. The highest BCUT2D eigenvalue weighted by atomic mass is 35.5. The molecule has 0 atom stereocenters. The molecule has 0 spiro atoms. The van der Waals surface area contributed by atoms with E-state index < -0.39 is 0 Å². The summed E-state index contributed by atoms with van der Waals surface area (Å²) in [5, 5.41) is 6.24. The number of imidazole rings is 1. The Kier molecular flexibility index (Phi) is 5.75. The molecule has 150 valence electrons. The Bertz CT molecular complexity index is 1050. The summed E-state index contributed by atoms with van der Waals surface area (Å²) in [7, 11) is 0. The van der Waals surface area contributed by atoms with Gasteiger partial charge in [-0.05, 0) is 24.3 Å². The van der Waals surface area contributed by atoms with Gasteiger partial charge in [0.2, 0.25) is 5.91 Å². The minimum atomic E-state index is -0.375. The van der Waals surface area contributed by atoms with Gasteiger partial charge in [-0.25, -0.2) is 4.98 Å². The van der Waals surface area contributed by atoms with Crippen molar-refractivity contribution in [3.05, 3.63) is 59.5 Å². The van der Waals surface area contributed by atoms with Crippen molar-refractivity contribution < 1.29 is 14.3 Å². The summed E-state index contributed by atoms with van der Waals surface area (Å²) in [5.74, 6) is -0.518. The number of carbonyl (C=O) groups excluding carboxylic acids is 2. The number of amides is 2. The predicted octanol–water partition coefficient (Wildman–Crippen LogP) is 2.51. The summed E-state index contributed by atoms with van der Waals surface area (Å²) in [6, 6.07) is 10.5. The molecular weight excluding hydrogens is 394 g/mol. The number of nitrogens with one attached hydrogen (secondary N) is 2. The van der Waals surface area contributed by atoms with Gasteiger partial charge in [0.05, 0.1) is 36.2 Å². The molecule has 1 fully saturated rings. The smallest absolute Gasteiger partial charge is 0.275 e. The number of halogens is 1. The van der Waals surface area contributed by atoms with Crippen LogP contribution in [0.4, 0.5) is 11.4 Å². The predicted molar refractivity (Wildman–Crippen MR) is 110 cm³/mol. The summed E-state index contributed by atoms with van der Waals surface area (Å²) in [6.07, 6.45) is 3.29. The molecule has 0 aliphatic carbocycles. The molecule has 2 aromatic heterocycles. The Balaban J connectivity index is 1.45. The number of nitrogens with zero attached hydrogens (tertiary/aromatic N) is 3. The van der Waals surface area contributed by atoms with Crippen molar-refractivity contribution in [3.8, 4) is 0 Å². The lowest BCUT2D eigenvalue weighted by Crippen LogP contribution is -2.41. The maximum absolute atomic E-state index is 12.7. The van der Waals surface area contributed by atoms with Crippen LogP contribution in [-0.4, -0.2) is 58.9 Å². The molecule has 2 N–H and O–H groups in total. The van der Waals surface area contributed by atoms with E-state index in [9.17, 15) is 9.59 Å². The molecule has 9 heteroatoms. The molecule has 3 heterocycles. The molecule has 2 amide bonds. The van der Waals surface area contributed by atoms with Crippen LogP contribution >= 0.6 is 11.6 Å². The van der Waals surface area contributed by atoms with Gasteiger partial charge < -0.3 is 19.8 Å². The van der Waals surface area contributed by atoms with Crippen LogP contribution in [0.2, 0.25) is 5.02 Å². The van der Waals surface area contributed by atoms with Crippen LogP contribution < -0.4 is 10.6 Å². The molecule has 0 saturated carbocycles. The molecule has 1 aliphatic heterocycles. The summed E-state index contributed by atoms with van der Waals surface area (Å²) in [5.41, 5.74) is 1.90. The Labute approximate surface area is 172 Å². The third kappa shape index (κ3) is 4.73. The molecule has 0 radical (unpaired) electrons. The van der Waals surface area contributed by atoms with E-state index in [1.54, 1.807) is 53.2 Å². The Hall–Kier alpha value is -2.94. The zero-order valence-electron chi connectivity index (χ0n) is 15.6. The fraction of sp³-hybridized carbons (Fsp3) is 0.250. The minimum Gasteiger partial charge on any atom is -0.379 e. The van der Waals surface area contributed by atoms with Crippen LogP contribution in [0.1, 0.15) is 10.5 Å². The monoisotopic (exact) mass is 413 g/mol. The first-order chi connectivity index (χ1) is 14.1. The molecular formula is C20H20ClN5O3. The second kappa shape index (κ2) is 8.60. The number of carbonyl (C=O) groups is 2. The van der Waals surface area contributed by atoms with Crippen molar-refractivity contribution in [2.75, 3.05) is 43.5 Å². The van der Waals surface area contributed by atoms with Gasteiger partial charge >= 0.3 is 0 Å². The first kappa shape index (κ1) is 19.4. The van der Waals surface area contributed by atoms with Gasteiger partial charge in [-0.2, -0.15) is 0 Å². The number of benzene rings is 1. The molecule has 4 rings (SSSR count). The minimum absolute atomic E-state index is 0.143. The van der Waals surface area contributed by atoms with Crippen LogP contribution in [-0.2, 0) is 9.53 Å². The zero-order chi connectivity index (χ0) is 20.2. The number of fused-ring (bicyclic) bond motifs is 1. The Morgan fingerprint density at radius 3 is 2.52 bits per heavy atom. The van der Waals surface area contributed by atoms with Crippen LogP contribution in [0.25, 0.3) is 5.65 Å². The Morgan fingerprint density at radius 1 is 1.03 bits per heavy atom. The average molecular weight is 414 g/mol. The average Bonchev–Trinajstić information content (AvgIpc) is 3.13. The van der Waals surface area contributed by atoms with Crippen molar-refractivity contribution in [2.24, 2.45) is 0 Å². The van der Waals surface area contributed by atoms with Gasteiger partial charge in [-0.15, -0.1) is 0 Å². The highest BCUT2D eigenvalue weighted by Gasteiger charge is 2.17. The van der Waals surface area contributed by atoms with Gasteiger partial charge in [0, 0.05) is 25.5 Å². The van der Waals surface area contributed by atoms with Crippen molar-refractivity contribution >= 4 is 40.4 Å². The third-order valence-corrected chi connectivity index (χ3v) is 4.79. The van der Waals surface area contributed by atoms with E-state index >= 15 is 0 Å². The summed E-state index contributed by atoms with van der Waals surface area (Å²) in [6.45, 7) is 2.99. The summed E-state index contributed by atoms with van der Waals surface area (Å²) < 4.78 is 6.98. The number of hydrogen-bond donors (Lipinski definition) is 2. The van der Waals surface area contributed by atoms with E-state index in [1.807, 2.05) is 4.90 Å². The molecule has 29 heavy (non-hydrogen) atoms. The highest BCUT2D eigenvalue weighted by molar-refractivity contribution is 6.30. The first-order valence-electron chi connectivity index (χ1n) is 9.23. The largest absolute Gasteiger partial charge is 0.379 e. The van der Waals surface area contributed by atoms with Crippen LogP contribution in [0.15, 0.2) is 48.8 Å². The lowest BCUT2D eigenvalue weighted by Gasteiger charge is -2.26. The van der Waals surface area contributed by atoms with Gasteiger partial charge in [-0.1, -0.05) is 23.7 Å². The molecule has 0 unspecified atom stereocenters. The summed E-state index contributed by atoms with van der Waals surface area (Å²) in [4.78, 5) is 31.4. The van der Waals surface area contributed by atoms with E-state index in [1.165, 1.54) is 0 Å². The normalized spacial score (nSPS) is 14.7. The van der Waals surface area contributed by atoms with E-state index in [2.05, 4.69) is 15.6 Å². The number of para-hydroxylation sites is 2. The van der Waals surface area contributed by atoms with Gasteiger partial charge in [0.15, 0.2) is 0 Å². The number of ether oxygens (including phenoxy) is 1. The molecule has 1 saturated heterocycles. The summed E-state index contributed by atoms with van der Waals surface area (Å²) >= 11 is 5.98. The van der Waals surface area contributed by atoms with E-state index in [0.29, 0.717) is 35.3 Å². The Morgan fingerprint density at radius 2 is 1.76 bits per heavy atom. The quantitative estimate of drug-likeness (QED) is 0.671. The fourth-order valence-electron chi connectivity index (χ4n) is 3.11. The molecule has 1 aromatic carbocycles. The maximum atomic E-state index is 12.7. The van der Waals surface area contributed by atoms with Crippen LogP contribution in [0, 0.1) is 0 Å². The van der Waals surface area contributed by atoms with E-state index in [-0.39, 0.29) is 24.1 Å². The van der Waals surface area contributed by atoms with Gasteiger partial charge in [0.1, 0.15) is 11.3 Å². The van der Waals surface area contributed by atoms with Crippen LogP contribution in [0.5, 0.6) is 0 Å². The fourth-order valence-corrected chi connectivity index (χ4v) is 3.28. The van der Waals surface area contributed by atoms with Gasteiger partial charge in [0.25, 0.3) is 5.91 Å². The lowest BCUT2D eigenvalue weighted by atomic mass is 10.2. The number of aromatic nitrogens is 2. The zero-order valence-corrected chi connectivity index (χ0v) is 16.4. The second-order valence-corrected chi connectivity index (χ2v) is 7.11. The molecule has 0 bridgehead atoms. The standard InChI is InChI=1S/C20H20ClN5O3/c21-14-5-6-18-22-17(12-26(18)11-14)20(28)24-16-4-2-1-3-15(16)23-19(27)13-25-7-9-29-10-8-25/h1-6,11-12H,7-10,13H2,(H,23,27)(H,24,28). The third-order valence-electron chi connectivity index (χ3n) is 4.57. The molecule has 1 aliphatic rings. The lowest BCUT2D eigenvalue weighted by molar-refractivity contribution is -0.118. The number of rotatable bonds is 5. The topological polar surface area (TPSA) is 88.0 Å². The number of pyridine rings is 1. The van der Waals surface area contributed by atoms with Crippen molar-refractivity contribution in [2.45, 2.75) is 0 Å². The van der Waals surface area contributed by atoms with Crippen molar-refractivity contribution in [3.63, 3.8) is 0 Å². The van der Waals surface area contributed by atoms with E-state index in [0.717, 1.165) is 13.1 Å². The molecule has 3 aromatic rings. The molecule has 8 nitrogen and oxygen atoms in total. The van der Waals surface area contributed by atoms with Crippen molar-refractivity contribution in [1.82, 2.24) is 14.3 Å². The number of hydrogen-bond acceptors (Lipinski definition) is 5. The van der Waals surface area contributed by atoms with Crippen LogP contribution in [0.3, 0.4) is 0 Å². The van der Waals surface area contributed by atoms with Crippen molar-refractivity contribution in [1.29, 1.82) is 0 Å². The second-order valence-electron chi connectivity index (χ2n) is 6.68. The van der Waals surface area contributed by atoms with Gasteiger partial charge in [-0.3, -0.25) is 14.5 Å². The first-order valence-corrected chi connectivity index (χ1v) is 9.61. The van der Waals surface area contributed by atoms with E-state index in [4.69, 9.17) is 16.3 Å². The SMILES string of the molecule is O=C(CN1CCOCC1)Nc1ccccc1NC(=O)c1cn2cc(Cl)ccc2n1. The number of morpholine rings is 1. The highest BCUT2D eigenvalue weighted by Crippen LogP contribution is 2.22. The maximum Gasteiger partial charge on any atom is 0.275 e.